The zero-order valence-corrected chi connectivity index (χ0v) is 17.3. The van der Waals surface area contributed by atoms with Crippen molar-refractivity contribution in [1.29, 1.82) is 0 Å². The van der Waals surface area contributed by atoms with E-state index in [2.05, 4.69) is 45.8 Å². The van der Waals surface area contributed by atoms with Crippen LogP contribution < -0.4 is 10.6 Å². The van der Waals surface area contributed by atoms with Crippen molar-refractivity contribution in [3.05, 3.63) is 21.9 Å². The van der Waals surface area contributed by atoms with Gasteiger partial charge in [0.1, 0.15) is 0 Å². The van der Waals surface area contributed by atoms with Crippen LogP contribution in [0, 0.1) is 6.92 Å². The van der Waals surface area contributed by atoms with Crippen LogP contribution in [0.3, 0.4) is 0 Å². The number of nitrogens with one attached hydrogen (secondary N) is 2. The van der Waals surface area contributed by atoms with Crippen molar-refractivity contribution in [3.8, 4) is 0 Å². The second-order valence-corrected chi connectivity index (χ2v) is 8.50. The van der Waals surface area contributed by atoms with Gasteiger partial charge in [-0.1, -0.05) is 0 Å². The normalized spacial score (nSPS) is 17.5. The van der Waals surface area contributed by atoms with Crippen LogP contribution in [0.2, 0.25) is 0 Å². The number of unbranched alkanes of at least 4 members (excludes halogenated alkanes) is 1. The van der Waals surface area contributed by atoms with E-state index in [1.165, 1.54) is 28.3 Å². The first-order chi connectivity index (χ1) is 12.2. The Kier molecular flexibility index (Phi) is 9.68. The van der Waals surface area contributed by atoms with Gasteiger partial charge < -0.3 is 15.4 Å². The molecule has 1 aromatic rings. The van der Waals surface area contributed by atoms with Gasteiger partial charge in [-0.05, 0) is 43.9 Å². The number of morpholine rings is 1. The fourth-order valence-corrected chi connectivity index (χ4v) is 4.43. The standard InChI is InChI=1S/C18H32N4OS2/c1-15-6-7-17(25-15)16(22-9-11-23-12-10-22)14-21-18(19-2)20-8-4-5-13-24-3/h6-7,16H,4-5,8-14H2,1-3H3,(H2,19,20,21). The number of nitrogens with zero attached hydrogens (tertiary/aromatic N) is 2. The molecule has 0 radical (unpaired) electrons. The quantitative estimate of drug-likeness (QED) is 0.389. The molecular formula is C18H32N4OS2. The molecule has 1 fully saturated rings. The number of hydrogen-bond donors (Lipinski definition) is 2. The van der Waals surface area contributed by atoms with Crippen LogP contribution in [0.1, 0.15) is 28.6 Å². The molecule has 0 amide bonds. The van der Waals surface area contributed by atoms with Crippen molar-refractivity contribution in [2.24, 2.45) is 4.99 Å². The molecular weight excluding hydrogens is 352 g/mol. The van der Waals surface area contributed by atoms with Crippen molar-refractivity contribution in [2.45, 2.75) is 25.8 Å². The summed E-state index contributed by atoms with van der Waals surface area (Å²) in [5.41, 5.74) is 0. The number of ether oxygens (including phenoxy) is 1. The lowest BCUT2D eigenvalue weighted by Crippen LogP contribution is -2.46. The van der Waals surface area contributed by atoms with Gasteiger partial charge in [0, 0.05) is 43.0 Å². The Labute approximate surface area is 160 Å². The van der Waals surface area contributed by atoms with Crippen LogP contribution >= 0.6 is 23.1 Å². The molecule has 0 spiro atoms. The van der Waals surface area contributed by atoms with Crippen molar-refractivity contribution in [3.63, 3.8) is 0 Å². The molecule has 2 heterocycles. The van der Waals surface area contributed by atoms with Gasteiger partial charge >= 0.3 is 0 Å². The molecule has 1 unspecified atom stereocenters. The number of hydrogen-bond acceptors (Lipinski definition) is 5. The Morgan fingerprint density at radius 3 is 2.76 bits per heavy atom. The summed E-state index contributed by atoms with van der Waals surface area (Å²) in [6.07, 6.45) is 4.58. The summed E-state index contributed by atoms with van der Waals surface area (Å²) in [4.78, 5) is 9.68. The Balaban J connectivity index is 1.87. The van der Waals surface area contributed by atoms with Crippen molar-refractivity contribution in [2.75, 3.05) is 58.4 Å². The summed E-state index contributed by atoms with van der Waals surface area (Å²) in [6, 6.07) is 4.85. The lowest BCUT2D eigenvalue weighted by atomic mass is 10.2. The molecule has 1 aromatic heterocycles. The highest BCUT2D eigenvalue weighted by molar-refractivity contribution is 7.98. The highest BCUT2D eigenvalue weighted by Crippen LogP contribution is 2.27. The van der Waals surface area contributed by atoms with Crippen molar-refractivity contribution >= 4 is 29.1 Å². The van der Waals surface area contributed by atoms with E-state index in [0.29, 0.717) is 6.04 Å². The SMILES string of the molecule is CN=C(NCCCCSC)NCC(c1ccc(C)s1)N1CCOCC1. The molecule has 25 heavy (non-hydrogen) atoms. The molecule has 2 N–H and O–H groups in total. The van der Waals surface area contributed by atoms with Gasteiger partial charge in [0.05, 0.1) is 19.3 Å². The van der Waals surface area contributed by atoms with Gasteiger partial charge in [-0.25, -0.2) is 0 Å². The smallest absolute Gasteiger partial charge is 0.191 e. The van der Waals surface area contributed by atoms with Gasteiger partial charge in [-0.2, -0.15) is 11.8 Å². The number of thioether (sulfide) groups is 1. The molecule has 2 rings (SSSR count). The highest BCUT2D eigenvalue weighted by Gasteiger charge is 2.24. The zero-order valence-electron chi connectivity index (χ0n) is 15.7. The average Bonchev–Trinajstić information content (AvgIpc) is 3.07. The topological polar surface area (TPSA) is 48.9 Å². The van der Waals surface area contributed by atoms with Gasteiger partial charge in [0.25, 0.3) is 0 Å². The second kappa shape index (κ2) is 11.8. The lowest BCUT2D eigenvalue weighted by Gasteiger charge is -2.34. The average molecular weight is 385 g/mol. The van der Waals surface area contributed by atoms with Crippen LogP contribution in [0.25, 0.3) is 0 Å². The summed E-state index contributed by atoms with van der Waals surface area (Å²) in [5, 5.41) is 6.96. The second-order valence-electron chi connectivity index (χ2n) is 6.19. The minimum Gasteiger partial charge on any atom is -0.379 e. The highest BCUT2D eigenvalue weighted by atomic mass is 32.2. The Morgan fingerprint density at radius 1 is 1.32 bits per heavy atom. The molecule has 142 valence electrons. The largest absolute Gasteiger partial charge is 0.379 e. The first-order valence-corrected chi connectivity index (χ1v) is 11.3. The van der Waals surface area contributed by atoms with Gasteiger partial charge in [0.2, 0.25) is 0 Å². The molecule has 7 heteroatoms. The maximum absolute atomic E-state index is 5.53. The van der Waals surface area contributed by atoms with E-state index < -0.39 is 0 Å². The summed E-state index contributed by atoms with van der Waals surface area (Å²) in [7, 11) is 1.84. The molecule has 0 saturated carbocycles. The van der Waals surface area contributed by atoms with Crippen LogP contribution in [0.4, 0.5) is 0 Å². The van der Waals surface area contributed by atoms with Gasteiger partial charge in [-0.3, -0.25) is 9.89 Å². The number of aryl methyl sites for hydroxylation is 1. The number of rotatable bonds is 9. The predicted octanol–water partition coefficient (Wildman–Crippen LogP) is 2.74. The summed E-state index contributed by atoms with van der Waals surface area (Å²) >= 11 is 3.80. The molecule has 0 aromatic carbocycles. The minimum absolute atomic E-state index is 0.373. The Hall–Kier alpha value is -0.760. The fraction of sp³-hybridized carbons (Fsp3) is 0.722. The fourth-order valence-electron chi connectivity index (χ4n) is 2.92. The molecule has 0 aliphatic carbocycles. The van der Waals surface area contributed by atoms with Crippen LogP contribution in [0.5, 0.6) is 0 Å². The van der Waals surface area contributed by atoms with E-state index in [1.807, 2.05) is 30.1 Å². The summed E-state index contributed by atoms with van der Waals surface area (Å²) < 4.78 is 5.53. The number of guanidine groups is 1. The van der Waals surface area contributed by atoms with Crippen molar-refractivity contribution < 1.29 is 4.74 Å². The summed E-state index contributed by atoms with van der Waals surface area (Å²) in [6.45, 7) is 7.64. The van der Waals surface area contributed by atoms with Crippen LogP contribution in [-0.4, -0.2) is 69.3 Å². The Bertz CT molecular complexity index is 515. The molecule has 5 nitrogen and oxygen atoms in total. The third-order valence-corrected chi connectivity index (χ3v) is 6.13. The predicted molar refractivity (Wildman–Crippen MR) is 111 cm³/mol. The van der Waals surface area contributed by atoms with Gasteiger partial charge in [0.15, 0.2) is 5.96 Å². The maximum Gasteiger partial charge on any atom is 0.191 e. The van der Waals surface area contributed by atoms with E-state index >= 15 is 0 Å². The third kappa shape index (κ3) is 7.17. The number of aliphatic imine (C=N–C) groups is 1. The third-order valence-electron chi connectivity index (χ3n) is 4.33. The molecule has 0 bridgehead atoms. The van der Waals surface area contributed by atoms with Gasteiger partial charge in [-0.15, -0.1) is 11.3 Å². The lowest BCUT2D eigenvalue weighted by molar-refractivity contribution is 0.0177. The summed E-state index contributed by atoms with van der Waals surface area (Å²) in [5.74, 6) is 2.13. The first kappa shape index (κ1) is 20.6. The van der Waals surface area contributed by atoms with E-state index in [0.717, 1.165) is 45.4 Å². The van der Waals surface area contributed by atoms with Crippen LogP contribution in [0.15, 0.2) is 17.1 Å². The molecule has 1 aliphatic heterocycles. The van der Waals surface area contributed by atoms with E-state index in [4.69, 9.17) is 4.74 Å². The van der Waals surface area contributed by atoms with Crippen molar-refractivity contribution in [1.82, 2.24) is 15.5 Å². The minimum atomic E-state index is 0.373. The molecule has 1 aliphatic rings. The Morgan fingerprint density at radius 2 is 2.12 bits per heavy atom. The van der Waals surface area contributed by atoms with E-state index in [1.54, 1.807) is 0 Å². The van der Waals surface area contributed by atoms with E-state index in [-0.39, 0.29) is 0 Å². The van der Waals surface area contributed by atoms with E-state index in [9.17, 15) is 0 Å². The monoisotopic (exact) mass is 384 g/mol. The zero-order chi connectivity index (χ0) is 17.9. The van der Waals surface area contributed by atoms with Crippen LogP contribution in [-0.2, 0) is 4.74 Å². The molecule has 1 saturated heterocycles. The maximum atomic E-state index is 5.53. The number of thiophene rings is 1. The first-order valence-electron chi connectivity index (χ1n) is 9.06. The molecule has 1 atom stereocenters.